The van der Waals surface area contributed by atoms with Gasteiger partial charge in [0.25, 0.3) is 0 Å². The van der Waals surface area contributed by atoms with Gasteiger partial charge in [0.15, 0.2) is 0 Å². The van der Waals surface area contributed by atoms with E-state index in [1.54, 1.807) is 12.1 Å². The molecule has 2 atom stereocenters. The number of halogens is 1. The third-order valence-electron chi connectivity index (χ3n) is 5.15. The Morgan fingerprint density at radius 2 is 1.41 bits per heavy atom. The molecular formula is C25H33ClO3. The molecule has 0 amide bonds. The first kappa shape index (κ1) is 23.3. The van der Waals surface area contributed by atoms with Gasteiger partial charge in [-0.2, -0.15) is 0 Å². The van der Waals surface area contributed by atoms with E-state index in [0.717, 1.165) is 36.3 Å². The summed E-state index contributed by atoms with van der Waals surface area (Å²) in [7, 11) is 0. The number of benzene rings is 2. The van der Waals surface area contributed by atoms with E-state index in [1.165, 1.54) is 25.7 Å². The van der Waals surface area contributed by atoms with Crippen LogP contribution in [0, 0.1) is 5.92 Å². The number of unbranched alkanes of at least 4 members (excludes halogenated alkanes) is 4. The molecule has 2 aromatic rings. The van der Waals surface area contributed by atoms with Gasteiger partial charge in [-0.05, 0) is 47.7 Å². The van der Waals surface area contributed by atoms with Gasteiger partial charge >= 0.3 is 5.97 Å². The maximum Gasteiger partial charge on any atom is 0.329 e. The molecule has 1 unspecified atom stereocenters. The Bertz CT molecular complexity index is 725. The molecule has 0 aliphatic heterocycles. The van der Waals surface area contributed by atoms with Crippen molar-refractivity contribution >= 4 is 17.6 Å². The highest BCUT2D eigenvalue weighted by atomic mass is 35.5. The second-order valence-electron chi connectivity index (χ2n) is 7.52. The average Bonchev–Trinajstić information content (AvgIpc) is 2.76. The zero-order valence-corrected chi connectivity index (χ0v) is 18.6. The molecule has 0 aliphatic carbocycles. The lowest BCUT2D eigenvalue weighted by Crippen LogP contribution is -2.26. The first-order chi connectivity index (χ1) is 14.0. The summed E-state index contributed by atoms with van der Waals surface area (Å²) in [5.74, 6) is 1.09. The van der Waals surface area contributed by atoms with E-state index in [0.29, 0.717) is 5.75 Å². The summed E-state index contributed by atoms with van der Waals surface area (Å²) in [6.45, 7) is 6.94. The Morgan fingerprint density at radius 1 is 0.862 bits per heavy atom. The van der Waals surface area contributed by atoms with Gasteiger partial charge in [0.1, 0.15) is 16.9 Å². The van der Waals surface area contributed by atoms with Gasteiger partial charge in [0, 0.05) is 0 Å². The van der Waals surface area contributed by atoms with Gasteiger partial charge < -0.3 is 9.47 Å². The van der Waals surface area contributed by atoms with Crippen LogP contribution >= 0.6 is 11.6 Å². The van der Waals surface area contributed by atoms with Crippen molar-refractivity contribution in [2.75, 3.05) is 6.61 Å². The first-order valence-electron chi connectivity index (χ1n) is 10.7. The molecule has 0 aromatic heterocycles. The number of alkyl halides is 1. The number of hydrogen-bond donors (Lipinski definition) is 0. The van der Waals surface area contributed by atoms with Crippen molar-refractivity contribution in [3.8, 4) is 22.6 Å². The minimum absolute atomic E-state index is 0.0838. The van der Waals surface area contributed by atoms with Gasteiger partial charge in [-0.3, -0.25) is 4.79 Å². The Morgan fingerprint density at radius 3 is 1.97 bits per heavy atom. The van der Waals surface area contributed by atoms with Gasteiger partial charge in [0.05, 0.1) is 6.61 Å². The van der Waals surface area contributed by atoms with E-state index in [9.17, 15) is 4.79 Å². The standard InChI is InChI=1S/C25H33ClO3/c1-4-6-7-8-9-18-28-22-14-10-20(11-15-22)21-12-16-23(17-13-21)29-25(27)24(26)19(3)5-2/h10-17,19,24H,4-9,18H2,1-3H3/t19?,24-/m0/s1. The summed E-state index contributed by atoms with van der Waals surface area (Å²) in [5.41, 5.74) is 2.15. The Hall–Kier alpha value is -2.00. The van der Waals surface area contributed by atoms with Crippen molar-refractivity contribution in [2.24, 2.45) is 5.92 Å². The molecule has 0 heterocycles. The second-order valence-corrected chi connectivity index (χ2v) is 7.99. The molecule has 0 saturated heterocycles. The third-order valence-corrected chi connectivity index (χ3v) is 5.75. The molecule has 0 saturated carbocycles. The quantitative estimate of drug-likeness (QED) is 0.158. The monoisotopic (exact) mass is 416 g/mol. The molecule has 158 valence electrons. The summed E-state index contributed by atoms with van der Waals surface area (Å²) in [6.07, 6.45) is 7.01. The van der Waals surface area contributed by atoms with E-state index in [-0.39, 0.29) is 5.92 Å². The maximum absolute atomic E-state index is 12.1. The molecule has 2 rings (SSSR count). The van der Waals surface area contributed by atoms with E-state index in [2.05, 4.69) is 6.92 Å². The van der Waals surface area contributed by atoms with Crippen LogP contribution in [0.25, 0.3) is 11.1 Å². The molecule has 0 bridgehead atoms. The summed E-state index contributed by atoms with van der Waals surface area (Å²) in [6, 6.07) is 15.6. The number of ether oxygens (including phenoxy) is 2. The van der Waals surface area contributed by atoms with Gasteiger partial charge in [-0.15, -0.1) is 11.6 Å². The molecule has 3 nitrogen and oxygen atoms in total. The molecule has 0 fully saturated rings. The summed E-state index contributed by atoms with van der Waals surface area (Å²) < 4.78 is 11.2. The van der Waals surface area contributed by atoms with Crippen LogP contribution in [-0.2, 0) is 4.79 Å². The summed E-state index contributed by atoms with van der Waals surface area (Å²) in [4.78, 5) is 12.1. The average molecular weight is 417 g/mol. The molecular weight excluding hydrogens is 384 g/mol. The van der Waals surface area contributed by atoms with Crippen molar-refractivity contribution in [1.82, 2.24) is 0 Å². The van der Waals surface area contributed by atoms with Crippen LogP contribution in [0.2, 0.25) is 0 Å². The topological polar surface area (TPSA) is 35.5 Å². The van der Waals surface area contributed by atoms with Crippen molar-refractivity contribution in [1.29, 1.82) is 0 Å². The predicted molar refractivity (Wildman–Crippen MR) is 121 cm³/mol. The molecule has 0 spiro atoms. The number of carbonyl (C=O) groups is 1. The Kier molecular flexibility index (Phi) is 10.1. The molecule has 0 aliphatic rings. The van der Waals surface area contributed by atoms with Crippen LogP contribution in [0.1, 0.15) is 59.3 Å². The van der Waals surface area contributed by atoms with E-state index < -0.39 is 11.3 Å². The SMILES string of the molecule is CCCCCCCOc1ccc(-c2ccc(OC(=O)[C@@H](Cl)C(C)CC)cc2)cc1. The van der Waals surface area contributed by atoms with Gasteiger partial charge in [-0.1, -0.05) is 77.1 Å². The van der Waals surface area contributed by atoms with E-state index in [1.807, 2.05) is 50.2 Å². The van der Waals surface area contributed by atoms with E-state index in [4.69, 9.17) is 21.1 Å². The van der Waals surface area contributed by atoms with Crippen molar-refractivity contribution in [3.63, 3.8) is 0 Å². The smallest absolute Gasteiger partial charge is 0.329 e. The first-order valence-corrected chi connectivity index (χ1v) is 11.2. The maximum atomic E-state index is 12.1. The minimum Gasteiger partial charge on any atom is -0.494 e. The molecule has 0 radical (unpaired) electrons. The highest BCUT2D eigenvalue weighted by molar-refractivity contribution is 6.30. The lowest BCUT2D eigenvalue weighted by atomic mass is 10.0. The zero-order chi connectivity index (χ0) is 21.1. The van der Waals surface area contributed by atoms with Crippen LogP contribution in [0.4, 0.5) is 0 Å². The summed E-state index contributed by atoms with van der Waals surface area (Å²) >= 11 is 6.16. The van der Waals surface area contributed by atoms with E-state index >= 15 is 0 Å². The van der Waals surface area contributed by atoms with Crippen molar-refractivity contribution < 1.29 is 14.3 Å². The molecule has 2 aromatic carbocycles. The number of carbonyl (C=O) groups excluding carboxylic acids is 1. The minimum atomic E-state index is -0.626. The second kappa shape index (κ2) is 12.5. The van der Waals surface area contributed by atoms with Crippen LogP contribution < -0.4 is 9.47 Å². The van der Waals surface area contributed by atoms with Crippen molar-refractivity contribution in [3.05, 3.63) is 48.5 Å². The molecule has 0 N–H and O–H groups in total. The molecule has 29 heavy (non-hydrogen) atoms. The van der Waals surface area contributed by atoms with Crippen molar-refractivity contribution in [2.45, 2.75) is 64.7 Å². The normalized spacial score (nSPS) is 13.0. The molecule has 4 heteroatoms. The summed E-state index contributed by atoms with van der Waals surface area (Å²) in [5, 5.41) is -0.626. The van der Waals surface area contributed by atoms with Gasteiger partial charge in [-0.25, -0.2) is 0 Å². The number of rotatable bonds is 12. The largest absolute Gasteiger partial charge is 0.494 e. The fourth-order valence-corrected chi connectivity index (χ4v) is 3.19. The lowest BCUT2D eigenvalue weighted by Gasteiger charge is -2.15. The Labute approximate surface area is 180 Å². The number of hydrogen-bond acceptors (Lipinski definition) is 3. The van der Waals surface area contributed by atoms with Crippen LogP contribution in [0.3, 0.4) is 0 Å². The van der Waals surface area contributed by atoms with Crippen LogP contribution in [-0.4, -0.2) is 18.0 Å². The highest BCUT2D eigenvalue weighted by Gasteiger charge is 2.23. The van der Waals surface area contributed by atoms with Crippen LogP contribution in [0.5, 0.6) is 11.5 Å². The van der Waals surface area contributed by atoms with Crippen LogP contribution in [0.15, 0.2) is 48.5 Å². The fraction of sp³-hybridized carbons (Fsp3) is 0.480. The highest BCUT2D eigenvalue weighted by Crippen LogP contribution is 2.25. The zero-order valence-electron chi connectivity index (χ0n) is 17.8. The number of esters is 1. The fourth-order valence-electron chi connectivity index (χ4n) is 2.97. The van der Waals surface area contributed by atoms with Gasteiger partial charge in [0.2, 0.25) is 0 Å². The lowest BCUT2D eigenvalue weighted by molar-refractivity contribution is -0.134. The predicted octanol–water partition coefficient (Wildman–Crippen LogP) is 7.26. The Balaban J connectivity index is 1.85. The third kappa shape index (κ3) is 7.74.